The lowest BCUT2D eigenvalue weighted by Crippen LogP contribution is -2.35. The highest BCUT2D eigenvalue weighted by Gasteiger charge is 2.24. The lowest BCUT2D eigenvalue weighted by Gasteiger charge is -2.31. The molecule has 3 aromatic carbocycles. The molecule has 47 heavy (non-hydrogen) atoms. The van der Waals surface area contributed by atoms with Gasteiger partial charge in [0.15, 0.2) is 0 Å². The molecule has 1 saturated heterocycles. The van der Waals surface area contributed by atoms with E-state index in [9.17, 15) is 9.90 Å². The molecule has 1 fully saturated rings. The number of nitrogens with zero attached hydrogens (tertiary/aromatic N) is 2. The predicted molar refractivity (Wildman–Crippen MR) is 187 cm³/mol. The van der Waals surface area contributed by atoms with Gasteiger partial charge < -0.3 is 25.2 Å². The van der Waals surface area contributed by atoms with Gasteiger partial charge in [-0.15, -0.1) is 0 Å². The number of aliphatic hydroxyl groups excluding tert-OH is 1. The summed E-state index contributed by atoms with van der Waals surface area (Å²) in [5.74, 6) is 1.44. The van der Waals surface area contributed by atoms with Gasteiger partial charge >= 0.3 is 0 Å². The van der Waals surface area contributed by atoms with Crippen LogP contribution >= 0.6 is 23.2 Å². The molecule has 6 rings (SSSR count). The first-order valence-corrected chi connectivity index (χ1v) is 16.7. The quantitative estimate of drug-likeness (QED) is 0.167. The summed E-state index contributed by atoms with van der Waals surface area (Å²) >= 11 is 14.3. The van der Waals surface area contributed by atoms with Crippen LogP contribution in [-0.4, -0.2) is 66.9 Å². The number of nitrogens with one attached hydrogen (secondary N) is 2. The third-order valence-corrected chi connectivity index (χ3v) is 9.74. The molecule has 4 aromatic rings. The number of hydrogen-bond donors (Lipinski definition) is 3. The number of β-amino-alcohol motifs (C(OH)–C–C–N with tert-alkyl or cyclic N) is 1. The first-order chi connectivity index (χ1) is 22.7. The number of aromatic nitrogens is 1. The van der Waals surface area contributed by atoms with Gasteiger partial charge in [0.1, 0.15) is 5.75 Å². The van der Waals surface area contributed by atoms with Crippen LogP contribution in [0.1, 0.15) is 36.5 Å². The second-order valence-corrected chi connectivity index (χ2v) is 13.0. The molecule has 1 aromatic heterocycles. The number of amides is 1. The van der Waals surface area contributed by atoms with E-state index in [1.165, 1.54) is 5.56 Å². The first kappa shape index (κ1) is 33.2. The van der Waals surface area contributed by atoms with Crippen LogP contribution in [-0.2, 0) is 24.3 Å². The maximum Gasteiger partial charge on any atom is 0.220 e. The van der Waals surface area contributed by atoms with Gasteiger partial charge in [-0.05, 0) is 43.0 Å². The van der Waals surface area contributed by atoms with Crippen molar-refractivity contribution in [2.24, 2.45) is 0 Å². The van der Waals surface area contributed by atoms with Crippen LogP contribution < -0.4 is 20.1 Å². The molecule has 3 heterocycles. The summed E-state index contributed by atoms with van der Waals surface area (Å²) in [7, 11) is 3.30. The number of benzene rings is 3. The van der Waals surface area contributed by atoms with Crippen molar-refractivity contribution in [1.82, 2.24) is 20.5 Å². The third kappa shape index (κ3) is 7.27. The molecule has 3 N–H and O–H groups in total. The second-order valence-electron chi connectivity index (χ2n) is 12.3. The van der Waals surface area contributed by atoms with Gasteiger partial charge in [-0.2, -0.15) is 0 Å². The molecule has 8 nitrogen and oxygen atoms in total. The maximum atomic E-state index is 11.5. The van der Waals surface area contributed by atoms with Gasteiger partial charge in [0.25, 0.3) is 0 Å². The topological polar surface area (TPSA) is 96.0 Å². The summed E-state index contributed by atoms with van der Waals surface area (Å²) in [4.78, 5) is 18.6. The van der Waals surface area contributed by atoms with Gasteiger partial charge in [-0.1, -0.05) is 71.7 Å². The second kappa shape index (κ2) is 14.6. The minimum atomic E-state index is -0.382. The molecule has 1 amide bonds. The SMILES string of the molecule is COc1cc(-c2cccc(-c3cccc(-c4ccc(CNC[C@@H]5CCC(=O)N5)c(OC)n4)c3Cl)c2Cl)cc2c1CN(CC(C)O)CC2. The molecular formula is C37H40Cl2N4O4. The minimum absolute atomic E-state index is 0.105. The van der Waals surface area contributed by atoms with Crippen molar-refractivity contribution in [3.8, 4) is 45.1 Å². The number of aliphatic hydroxyl groups is 1. The molecule has 246 valence electrons. The zero-order chi connectivity index (χ0) is 33.1. The van der Waals surface area contributed by atoms with Gasteiger partial charge in [-0.25, -0.2) is 4.98 Å². The Kier molecular flexibility index (Phi) is 10.3. The van der Waals surface area contributed by atoms with Crippen molar-refractivity contribution in [3.63, 3.8) is 0 Å². The van der Waals surface area contributed by atoms with Crippen LogP contribution in [0.2, 0.25) is 10.0 Å². The van der Waals surface area contributed by atoms with E-state index in [4.69, 9.17) is 37.7 Å². The van der Waals surface area contributed by atoms with Gasteiger partial charge in [0.2, 0.25) is 11.8 Å². The summed E-state index contributed by atoms with van der Waals surface area (Å²) in [5.41, 5.74) is 8.26. The van der Waals surface area contributed by atoms with Crippen LogP contribution in [0.5, 0.6) is 11.6 Å². The molecule has 2 atom stereocenters. The number of hydrogen-bond acceptors (Lipinski definition) is 7. The summed E-state index contributed by atoms with van der Waals surface area (Å²) in [6.45, 7) is 5.30. The van der Waals surface area contributed by atoms with E-state index >= 15 is 0 Å². The Balaban J connectivity index is 1.27. The highest BCUT2D eigenvalue weighted by Crippen LogP contribution is 2.44. The molecule has 10 heteroatoms. The highest BCUT2D eigenvalue weighted by molar-refractivity contribution is 6.39. The van der Waals surface area contributed by atoms with E-state index in [1.807, 2.05) is 61.5 Å². The number of ether oxygens (including phenoxy) is 2. The van der Waals surface area contributed by atoms with Gasteiger partial charge in [0, 0.05) is 78.6 Å². The number of carbonyl (C=O) groups is 1. The van der Waals surface area contributed by atoms with Gasteiger partial charge in [0.05, 0.1) is 36.1 Å². The first-order valence-electron chi connectivity index (χ1n) is 16.0. The van der Waals surface area contributed by atoms with E-state index in [0.29, 0.717) is 47.7 Å². The standard InChI is InChI=1S/C37H40Cl2N4O4/c1-22(44)20-43-15-14-23-16-25(17-33(46-2)31(23)21-43)27-6-4-7-28(35(27)38)29-8-5-9-30(36(29)39)32-12-10-24(37(42-32)47-3)18-40-19-26-11-13-34(45)41-26/h4-10,12,16-17,22,26,40,44H,11,13-15,18-21H2,1-3H3,(H,41,45)/t22?,26-/m0/s1. The molecule has 0 bridgehead atoms. The maximum absolute atomic E-state index is 11.5. The Morgan fingerprint density at radius 2 is 1.72 bits per heavy atom. The Labute approximate surface area is 286 Å². The van der Waals surface area contributed by atoms with Crippen LogP contribution in [0.15, 0.2) is 60.7 Å². The van der Waals surface area contributed by atoms with Crippen molar-refractivity contribution < 1.29 is 19.4 Å². The Morgan fingerprint density at radius 1 is 1.00 bits per heavy atom. The van der Waals surface area contributed by atoms with Crippen LogP contribution in [0, 0.1) is 0 Å². The zero-order valence-electron chi connectivity index (χ0n) is 26.9. The van der Waals surface area contributed by atoms with Crippen LogP contribution in [0.25, 0.3) is 33.5 Å². The van der Waals surface area contributed by atoms with E-state index in [0.717, 1.165) is 70.6 Å². The average Bonchev–Trinajstić information content (AvgIpc) is 3.49. The molecule has 0 saturated carbocycles. The number of rotatable bonds is 11. The minimum Gasteiger partial charge on any atom is -0.496 e. The normalized spacial score (nSPS) is 16.9. The fraction of sp³-hybridized carbons (Fsp3) is 0.351. The Morgan fingerprint density at radius 3 is 2.40 bits per heavy atom. The molecule has 2 aliphatic rings. The third-order valence-electron chi connectivity index (χ3n) is 8.92. The van der Waals surface area contributed by atoms with Crippen molar-refractivity contribution >= 4 is 29.1 Å². The summed E-state index contributed by atoms with van der Waals surface area (Å²) in [6.07, 6.45) is 1.90. The lowest BCUT2D eigenvalue weighted by atomic mass is 9.91. The van der Waals surface area contributed by atoms with Crippen LogP contribution in [0.3, 0.4) is 0 Å². The molecular weight excluding hydrogens is 635 g/mol. The van der Waals surface area contributed by atoms with E-state index in [-0.39, 0.29) is 18.1 Å². The van der Waals surface area contributed by atoms with E-state index in [1.54, 1.807) is 14.2 Å². The van der Waals surface area contributed by atoms with E-state index < -0.39 is 0 Å². The number of carbonyl (C=O) groups excluding carboxylic acids is 1. The number of methoxy groups -OCH3 is 2. The van der Waals surface area contributed by atoms with Crippen LogP contribution in [0.4, 0.5) is 0 Å². The lowest BCUT2D eigenvalue weighted by molar-refractivity contribution is -0.119. The van der Waals surface area contributed by atoms with E-state index in [2.05, 4.69) is 21.6 Å². The Hall–Kier alpha value is -3.66. The number of pyridine rings is 1. The van der Waals surface area contributed by atoms with Crippen molar-refractivity contribution in [1.29, 1.82) is 0 Å². The summed E-state index contributed by atoms with van der Waals surface area (Å²) < 4.78 is 11.5. The predicted octanol–water partition coefficient (Wildman–Crippen LogP) is 6.51. The largest absolute Gasteiger partial charge is 0.496 e. The summed E-state index contributed by atoms with van der Waals surface area (Å²) in [5, 5.41) is 17.4. The zero-order valence-corrected chi connectivity index (χ0v) is 28.4. The molecule has 2 aliphatic heterocycles. The van der Waals surface area contributed by atoms with Crippen molar-refractivity contribution in [2.75, 3.05) is 33.9 Å². The highest BCUT2D eigenvalue weighted by atomic mass is 35.5. The smallest absolute Gasteiger partial charge is 0.220 e. The fourth-order valence-electron chi connectivity index (χ4n) is 6.60. The van der Waals surface area contributed by atoms with Crippen molar-refractivity contribution in [2.45, 2.75) is 51.4 Å². The number of fused-ring (bicyclic) bond motifs is 1. The van der Waals surface area contributed by atoms with Crippen molar-refractivity contribution in [3.05, 3.63) is 87.4 Å². The number of halogens is 2. The fourth-order valence-corrected chi connectivity index (χ4v) is 7.26. The van der Waals surface area contributed by atoms with Gasteiger partial charge in [-0.3, -0.25) is 9.69 Å². The summed E-state index contributed by atoms with van der Waals surface area (Å²) in [6, 6.07) is 20.2. The molecule has 0 aliphatic carbocycles. The molecule has 0 radical (unpaired) electrons. The Bertz CT molecular complexity index is 1760. The molecule has 0 spiro atoms. The monoisotopic (exact) mass is 674 g/mol. The molecule has 1 unspecified atom stereocenters. The average molecular weight is 676 g/mol.